The Morgan fingerprint density at radius 1 is 1.08 bits per heavy atom. The van der Waals surface area contributed by atoms with Crippen LogP contribution in [0.5, 0.6) is 0 Å². The average Bonchev–Trinajstić information content (AvgIpc) is 2.94. The van der Waals surface area contributed by atoms with E-state index in [0.29, 0.717) is 23.9 Å². The summed E-state index contributed by atoms with van der Waals surface area (Å²) in [4.78, 5) is 20.2. The molecule has 0 saturated carbocycles. The van der Waals surface area contributed by atoms with Crippen LogP contribution in [0.4, 0.5) is 4.79 Å². The number of aromatic nitrogens is 2. The van der Waals surface area contributed by atoms with Crippen LogP contribution in [0.2, 0.25) is 0 Å². The van der Waals surface area contributed by atoms with Crippen molar-refractivity contribution >= 4 is 17.9 Å². The van der Waals surface area contributed by atoms with Gasteiger partial charge in [0.05, 0.1) is 18.8 Å². The number of alkyl carbamates (subject to hydrolysis) is 1. The Labute approximate surface area is 214 Å². The molecule has 36 heavy (non-hydrogen) atoms. The zero-order valence-corrected chi connectivity index (χ0v) is 20.6. The van der Waals surface area contributed by atoms with E-state index in [0.717, 1.165) is 22.3 Å². The number of carbonyl (C=O) groups is 1. The van der Waals surface area contributed by atoms with Gasteiger partial charge < -0.3 is 24.6 Å². The third-order valence-corrected chi connectivity index (χ3v) is 6.58. The molecular weight excluding hydrogens is 478 g/mol. The Morgan fingerprint density at radius 2 is 1.78 bits per heavy atom. The van der Waals surface area contributed by atoms with Gasteiger partial charge in [0, 0.05) is 36.7 Å². The summed E-state index contributed by atoms with van der Waals surface area (Å²) >= 11 is 1.55. The quantitative estimate of drug-likeness (QED) is 0.231. The number of aliphatic hydroxyl groups is 1. The first-order valence-corrected chi connectivity index (χ1v) is 12.6. The van der Waals surface area contributed by atoms with Gasteiger partial charge in [0.25, 0.3) is 0 Å². The topological polar surface area (TPSA) is 103 Å². The molecule has 3 aromatic rings. The lowest BCUT2D eigenvalue weighted by atomic mass is 10.0. The van der Waals surface area contributed by atoms with Crippen LogP contribution < -0.4 is 5.32 Å². The first-order chi connectivity index (χ1) is 17.6. The van der Waals surface area contributed by atoms with E-state index < -0.39 is 12.4 Å². The van der Waals surface area contributed by atoms with Crippen molar-refractivity contribution in [2.75, 3.05) is 12.4 Å². The standard InChI is InChI=1S/C27H29N3O5S/c1-2-14-33-27(32)30-16-19-4-10-22(11-5-19)25-34-23(18-36-26-28-12-3-13-29-26)15-24(35-25)21-8-6-20(17-31)7-9-21/h2-13,23-25,31H,1,14-18H2,(H,30,32)/t23-,24+,25+/m0/s1. The Kier molecular flexibility index (Phi) is 9.46. The molecule has 0 unspecified atom stereocenters. The molecule has 4 rings (SSSR count). The van der Waals surface area contributed by atoms with Crippen LogP contribution in [-0.2, 0) is 27.4 Å². The number of benzene rings is 2. The molecule has 1 aliphatic heterocycles. The fraction of sp³-hybridized carbons (Fsp3) is 0.296. The summed E-state index contributed by atoms with van der Waals surface area (Å²) in [7, 11) is 0. The molecule has 2 aromatic carbocycles. The highest BCUT2D eigenvalue weighted by Crippen LogP contribution is 2.39. The van der Waals surface area contributed by atoms with E-state index in [1.807, 2.05) is 48.5 Å². The summed E-state index contributed by atoms with van der Waals surface area (Å²) in [6.07, 6.45) is 4.36. The number of hydrogen-bond acceptors (Lipinski definition) is 8. The largest absolute Gasteiger partial charge is 0.445 e. The minimum absolute atomic E-state index is 0.00106. The second-order valence-corrected chi connectivity index (χ2v) is 9.16. The maximum atomic E-state index is 11.7. The number of aliphatic hydroxyl groups excluding tert-OH is 1. The van der Waals surface area contributed by atoms with Crippen LogP contribution >= 0.6 is 11.8 Å². The van der Waals surface area contributed by atoms with Crippen LogP contribution in [-0.4, -0.2) is 39.6 Å². The van der Waals surface area contributed by atoms with Crippen molar-refractivity contribution in [1.29, 1.82) is 0 Å². The van der Waals surface area contributed by atoms with E-state index in [1.165, 1.54) is 6.08 Å². The fourth-order valence-corrected chi connectivity index (χ4v) is 4.52. The summed E-state index contributed by atoms with van der Waals surface area (Å²) in [6.45, 7) is 4.04. The van der Waals surface area contributed by atoms with Crippen molar-refractivity contribution < 1.29 is 24.1 Å². The number of nitrogens with one attached hydrogen (secondary N) is 1. The number of amides is 1. The SMILES string of the molecule is C=CCOC(=O)NCc1ccc([C@@H]2O[C@H](CSc3ncccn3)C[C@H](c3ccc(CO)cc3)O2)cc1. The van der Waals surface area contributed by atoms with Crippen molar-refractivity contribution in [2.24, 2.45) is 0 Å². The van der Waals surface area contributed by atoms with Gasteiger partial charge in [-0.15, -0.1) is 0 Å². The lowest BCUT2D eigenvalue weighted by Gasteiger charge is -2.36. The molecule has 0 aliphatic carbocycles. The monoisotopic (exact) mass is 507 g/mol. The van der Waals surface area contributed by atoms with Crippen molar-refractivity contribution in [3.8, 4) is 0 Å². The lowest BCUT2D eigenvalue weighted by Crippen LogP contribution is -2.31. The number of rotatable bonds is 10. The second kappa shape index (κ2) is 13.2. The van der Waals surface area contributed by atoms with E-state index >= 15 is 0 Å². The number of hydrogen-bond donors (Lipinski definition) is 2. The normalized spacial score (nSPS) is 19.4. The lowest BCUT2D eigenvalue weighted by molar-refractivity contribution is -0.245. The third kappa shape index (κ3) is 7.38. The minimum Gasteiger partial charge on any atom is -0.445 e. The molecule has 1 aliphatic rings. The van der Waals surface area contributed by atoms with Crippen LogP contribution in [0.3, 0.4) is 0 Å². The van der Waals surface area contributed by atoms with Gasteiger partial charge in [-0.25, -0.2) is 14.8 Å². The Morgan fingerprint density at radius 3 is 2.47 bits per heavy atom. The number of nitrogens with zero attached hydrogens (tertiary/aromatic N) is 2. The van der Waals surface area contributed by atoms with Crippen molar-refractivity contribution in [2.45, 2.75) is 43.2 Å². The molecule has 9 heteroatoms. The fourth-order valence-electron chi connectivity index (χ4n) is 3.70. The molecule has 1 aromatic heterocycles. The van der Waals surface area contributed by atoms with E-state index in [2.05, 4.69) is 21.9 Å². The number of carbonyl (C=O) groups excluding carboxylic acids is 1. The molecule has 8 nitrogen and oxygen atoms in total. The molecule has 0 radical (unpaired) electrons. The average molecular weight is 508 g/mol. The van der Waals surface area contributed by atoms with Crippen LogP contribution in [0.25, 0.3) is 0 Å². The highest BCUT2D eigenvalue weighted by atomic mass is 32.2. The first-order valence-electron chi connectivity index (χ1n) is 11.7. The number of thioether (sulfide) groups is 1. The predicted molar refractivity (Wildman–Crippen MR) is 136 cm³/mol. The molecule has 0 spiro atoms. The van der Waals surface area contributed by atoms with Crippen molar-refractivity contribution in [3.63, 3.8) is 0 Å². The molecule has 1 fully saturated rings. The Balaban J connectivity index is 1.44. The zero-order valence-electron chi connectivity index (χ0n) is 19.8. The van der Waals surface area contributed by atoms with Gasteiger partial charge in [0.2, 0.25) is 0 Å². The summed E-state index contributed by atoms with van der Waals surface area (Å²) in [5, 5.41) is 12.8. The molecule has 3 atom stereocenters. The van der Waals surface area contributed by atoms with E-state index in [1.54, 1.807) is 30.2 Å². The molecular formula is C27H29N3O5S. The Bertz CT molecular complexity index is 1110. The first kappa shape index (κ1) is 25.8. The summed E-state index contributed by atoms with van der Waals surface area (Å²) in [6, 6.07) is 17.3. The highest BCUT2D eigenvalue weighted by molar-refractivity contribution is 7.99. The molecule has 2 heterocycles. The van der Waals surface area contributed by atoms with Crippen LogP contribution in [0.1, 0.15) is 41.1 Å². The molecule has 0 bridgehead atoms. The second-order valence-electron chi connectivity index (χ2n) is 8.17. The zero-order chi connectivity index (χ0) is 25.2. The predicted octanol–water partition coefficient (Wildman–Crippen LogP) is 4.72. The van der Waals surface area contributed by atoms with Gasteiger partial charge in [0.15, 0.2) is 11.4 Å². The summed E-state index contributed by atoms with van der Waals surface area (Å²) < 4.78 is 17.6. The van der Waals surface area contributed by atoms with Gasteiger partial charge >= 0.3 is 6.09 Å². The maximum Gasteiger partial charge on any atom is 0.407 e. The van der Waals surface area contributed by atoms with Crippen molar-refractivity contribution in [3.05, 3.63) is 102 Å². The molecule has 1 amide bonds. The summed E-state index contributed by atoms with van der Waals surface area (Å²) in [5.41, 5.74) is 3.70. The van der Waals surface area contributed by atoms with E-state index in [9.17, 15) is 9.90 Å². The number of ether oxygens (including phenoxy) is 3. The highest BCUT2D eigenvalue weighted by Gasteiger charge is 2.32. The minimum atomic E-state index is -0.553. The maximum absolute atomic E-state index is 11.7. The van der Waals surface area contributed by atoms with Gasteiger partial charge in [-0.05, 0) is 22.8 Å². The van der Waals surface area contributed by atoms with E-state index in [-0.39, 0.29) is 25.4 Å². The van der Waals surface area contributed by atoms with E-state index in [4.69, 9.17) is 14.2 Å². The van der Waals surface area contributed by atoms with Crippen molar-refractivity contribution in [1.82, 2.24) is 15.3 Å². The molecule has 2 N–H and O–H groups in total. The van der Waals surface area contributed by atoms with Gasteiger partial charge in [0.1, 0.15) is 6.61 Å². The summed E-state index contributed by atoms with van der Waals surface area (Å²) in [5.74, 6) is 0.684. The molecule has 1 saturated heterocycles. The van der Waals surface area contributed by atoms with Gasteiger partial charge in [-0.2, -0.15) is 0 Å². The molecule has 188 valence electrons. The van der Waals surface area contributed by atoms with Crippen LogP contribution in [0.15, 0.2) is 84.8 Å². The third-order valence-electron chi connectivity index (χ3n) is 5.58. The van der Waals surface area contributed by atoms with Gasteiger partial charge in [-0.3, -0.25) is 0 Å². The van der Waals surface area contributed by atoms with Gasteiger partial charge in [-0.1, -0.05) is 72.9 Å². The van der Waals surface area contributed by atoms with Crippen LogP contribution in [0, 0.1) is 0 Å². The Hall–Kier alpha value is -3.24. The smallest absolute Gasteiger partial charge is 0.407 e.